The zero-order valence-corrected chi connectivity index (χ0v) is 16.6. The van der Waals surface area contributed by atoms with E-state index in [1.54, 1.807) is 43.3 Å². The lowest BCUT2D eigenvalue weighted by molar-refractivity contribution is -0.114. The van der Waals surface area contributed by atoms with E-state index in [2.05, 4.69) is 10.1 Å². The van der Waals surface area contributed by atoms with Crippen LogP contribution in [-0.4, -0.2) is 40.2 Å². The number of anilines is 2. The number of nitrogens with zero attached hydrogens (tertiary/aromatic N) is 1. The van der Waals surface area contributed by atoms with Crippen molar-refractivity contribution in [2.45, 2.75) is 6.92 Å². The van der Waals surface area contributed by atoms with Crippen LogP contribution in [0, 0.1) is 6.92 Å². The highest BCUT2D eigenvalue weighted by Gasteiger charge is 2.23. The number of benzene rings is 2. The molecule has 0 unspecified atom stereocenters. The van der Waals surface area contributed by atoms with Crippen molar-refractivity contribution in [2.75, 3.05) is 29.5 Å². The van der Waals surface area contributed by atoms with Gasteiger partial charge in [0.05, 0.1) is 24.6 Å². The van der Waals surface area contributed by atoms with E-state index in [1.807, 2.05) is 0 Å². The number of carbonyl (C=O) groups excluding carboxylic acids is 2. The first-order chi connectivity index (χ1) is 12.6. The highest BCUT2D eigenvalue weighted by atomic mass is 35.5. The molecule has 0 saturated heterocycles. The molecule has 0 atom stereocenters. The predicted octanol–water partition coefficient (Wildman–Crippen LogP) is 2.84. The molecule has 0 radical (unpaired) electrons. The lowest BCUT2D eigenvalue weighted by atomic mass is 10.2. The molecule has 0 saturated carbocycles. The third kappa shape index (κ3) is 5.21. The van der Waals surface area contributed by atoms with Crippen molar-refractivity contribution >= 4 is 44.9 Å². The van der Waals surface area contributed by atoms with E-state index in [0.717, 1.165) is 10.6 Å². The van der Waals surface area contributed by atoms with Gasteiger partial charge in [0.2, 0.25) is 15.9 Å². The molecule has 7 nitrogen and oxygen atoms in total. The van der Waals surface area contributed by atoms with E-state index in [9.17, 15) is 18.0 Å². The van der Waals surface area contributed by atoms with Gasteiger partial charge in [-0.3, -0.25) is 9.10 Å². The number of halogens is 1. The molecular formula is C18H19ClN2O5S. The third-order valence-corrected chi connectivity index (χ3v) is 5.30. The number of amides is 1. The number of nitrogens with one attached hydrogen (secondary N) is 1. The van der Waals surface area contributed by atoms with Crippen LogP contribution in [0.25, 0.3) is 0 Å². The van der Waals surface area contributed by atoms with Crippen LogP contribution in [0.5, 0.6) is 0 Å². The molecule has 0 aliphatic carbocycles. The molecule has 0 aliphatic rings. The van der Waals surface area contributed by atoms with Crippen molar-refractivity contribution < 1.29 is 22.7 Å². The lowest BCUT2D eigenvalue weighted by Crippen LogP contribution is -2.37. The van der Waals surface area contributed by atoms with Gasteiger partial charge < -0.3 is 10.1 Å². The summed E-state index contributed by atoms with van der Waals surface area (Å²) in [6.07, 6.45) is 1.01. The van der Waals surface area contributed by atoms with Crippen LogP contribution in [0.1, 0.15) is 15.9 Å². The first kappa shape index (κ1) is 20.7. The minimum atomic E-state index is -3.73. The number of carbonyl (C=O) groups is 2. The molecule has 1 N–H and O–H groups in total. The minimum absolute atomic E-state index is 0.265. The monoisotopic (exact) mass is 410 g/mol. The Hall–Kier alpha value is -2.58. The van der Waals surface area contributed by atoms with Gasteiger partial charge in [-0.1, -0.05) is 23.7 Å². The molecule has 1 amide bonds. The van der Waals surface area contributed by atoms with Crippen molar-refractivity contribution in [3.8, 4) is 0 Å². The number of rotatable bonds is 6. The normalized spacial score (nSPS) is 11.0. The van der Waals surface area contributed by atoms with E-state index in [1.165, 1.54) is 13.2 Å². The number of methoxy groups -OCH3 is 1. The fraction of sp³-hybridized carbons (Fsp3) is 0.222. The number of hydrogen-bond donors (Lipinski definition) is 1. The van der Waals surface area contributed by atoms with Gasteiger partial charge in [0.25, 0.3) is 0 Å². The summed E-state index contributed by atoms with van der Waals surface area (Å²) in [7, 11) is -2.48. The first-order valence-electron chi connectivity index (χ1n) is 7.84. The zero-order chi connectivity index (χ0) is 20.2. The molecule has 27 heavy (non-hydrogen) atoms. The van der Waals surface area contributed by atoms with Crippen molar-refractivity contribution in [3.05, 3.63) is 58.6 Å². The van der Waals surface area contributed by atoms with Gasteiger partial charge in [-0.15, -0.1) is 0 Å². The van der Waals surface area contributed by atoms with Crippen LogP contribution >= 0.6 is 11.6 Å². The minimum Gasteiger partial charge on any atom is -0.465 e. The lowest BCUT2D eigenvalue weighted by Gasteiger charge is -2.24. The largest absolute Gasteiger partial charge is 0.465 e. The van der Waals surface area contributed by atoms with Crippen molar-refractivity contribution in [1.82, 2.24) is 0 Å². The molecular weight excluding hydrogens is 392 g/mol. The van der Waals surface area contributed by atoms with Crippen LogP contribution in [0.15, 0.2) is 42.5 Å². The summed E-state index contributed by atoms with van der Waals surface area (Å²) in [5.74, 6) is -1.11. The van der Waals surface area contributed by atoms with Gasteiger partial charge in [-0.05, 0) is 42.8 Å². The molecule has 2 rings (SSSR count). The summed E-state index contributed by atoms with van der Waals surface area (Å²) in [4.78, 5) is 24.0. The van der Waals surface area contributed by atoms with Gasteiger partial charge in [-0.25, -0.2) is 13.2 Å². The Morgan fingerprint density at radius 3 is 2.48 bits per heavy atom. The van der Waals surface area contributed by atoms with E-state index < -0.39 is 28.4 Å². The number of ether oxygens (including phenoxy) is 1. The molecule has 0 heterocycles. The Morgan fingerprint density at radius 1 is 1.19 bits per heavy atom. The summed E-state index contributed by atoms with van der Waals surface area (Å²) in [5.41, 5.74) is 1.48. The van der Waals surface area contributed by atoms with Gasteiger partial charge in [-0.2, -0.15) is 0 Å². The number of sulfonamides is 1. The smallest absolute Gasteiger partial charge is 0.337 e. The second-order valence-electron chi connectivity index (χ2n) is 5.77. The molecule has 2 aromatic carbocycles. The third-order valence-electron chi connectivity index (χ3n) is 3.76. The standard InChI is InChI=1S/C18H19ClN2O5S/c1-12-15(19)8-5-9-16(12)21(27(3,24)25)11-17(22)20-14-7-4-6-13(10-14)18(23)26-2/h4-10H,11H2,1-3H3,(H,20,22). The van der Waals surface area contributed by atoms with Crippen LogP contribution in [0.2, 0.25) is 5.02 Å². The fourth-order valence-corrected chi connectivity index (χ4v) is 3.50. The average molecular weight is 411 g/mol. The number of hydrogen-bond acceptors (Lipinski definition) is 5. The average Bonchev–Trinajstić information content (AvgIpc) is 2.61. The van der Waals surface area contributed by atoms with Crippen LogP contribution in [0.4, 0.5) is 11.4 Å². The van der Waals surface area contributed by atoms with Crippen LogP contribution in [0.3, 0.4) is 0 Å². The van der Waals surface area contributed by atoms with Gasteiger partial charge >= 0.3 is 5.97 Å². The SMILES string of the molecule is COC(=O)c1cccc(NC(=O)CN(c2cccc(Cl)c2C)S(C)(=O)=O)c1. The highest BCUT2D eigenvalue weighted by Crippen LogP contribution is 2.28. The Balaban J connectivity index is 2.25. The molecule has 2 aromatic rings. The zero-order valence-electron chi connectivity index (χ0n) is 15.0. The summed E-state index contributed by atoms with van der Waals surface area (Å²) in [6, 6.07) is 11.0. The second-order valence-corrected chi connectivity index (χ2v) is 8.09. The van der Waals surface area contributed by atoms with Crippen molar-refractivity contribution in [2.24, 2.45) is 0 Å². The molecule has 9 heteroatoms. The Morgan fingerprint density at radius 2 is 1.85 bits per heavy atom. The molecule has 144 valence electrons. The number of esters is 1. The maximum Gasteiger partial charge on any atom is 0.337 e. The topological polar surface area (TPSA) is 92.8 Å². The summed E-state index contributed by atoms with van der Waals surface area (Å²) in [5, 5.41) is 2.98. The highest BCUT2D eigenvalue weighted by molar-refractivity contribution is 7.92. The molecule has 0 aliphatic heterocycles. The maximum atomic E-state index is 12.4. The maximum absolute atomic E-state index is 12.4. The molecule has 0 spiro atoms. The van der Waals surface area contributed by atoms with E-state index in [-0.39, 0.29) is 5.56 Å². The van der Waals surface area contributed by atoms with E-state index in [0.29, 0.717) is 22.0 Å². The van der Waals surface area contributed by atoms with E-state index >= 15 is 0 Å². The Labute approximate surface area is 162 Å². The second kappa shape index (κ2) is 8.41. The summed E-state index contributed by atoms with van der Waals surface area (Å²) >= 11 is 6.07. The van der Waals surface area contributed by atoms with Crippen LogP contribution < -0.4 is 9.62 Å². The van der Waals surface area contributed by atoms with E-state index in [4.69, 9.17) is 11.6 Å². The summed E-state index contributed by atoms with van der Waals surface area (Å²) < 4.78 is 30.0. The van der Waals surface area contributed by atoms with Crippen molar-refractivity contribution in [1.29, 1.82) is 0 Å². The Bertz CT molecular complexity index is 975. The summed E-state index contributed by atoms with van der Waals surface area (Å²) in [6.45, 7) is 1.23. The van der Waals surface area contributed by atoms with Gasteiger partial charge in [0, 0.05) is 10.7 Å². The first-order valence-corrected chi connectivity index (χ1v) is 10.1. The molecule has 0 bridgehead atoms. The fourth-order valence-electron chi connectivity index (χ4n) is 2.42. The Kier molecular flexibility index (Phi) is 6.45. The van der Waals surface area contributed by atoms with Crippen molar-refractivity contribution in [3.63, 3.8) is 0 Å². The molecule has 0 fully saturated rings. The predicted molar refractivity (Wildman–Crippen MR) is 105 cm³/mol. The van der Waals surface area contributed by atoms with Crippen LogP contribution in [-0.2, 0) is 19.6 Å². The van der Waals surface area contributed by atoms with Gasteiger partial charge in [0.1, 0.15) is 6.54 Å². The quantitative estimate of drug-likeness (QED) is 0.739. The van der Waals surface area contributed by atoms with Gasteiger partial charge in [0.15, 0.2) is 0 Å². The molecule has 0 aromatic heterocycles.